The Morgan fingerprint density at radius 2 is 2.06 bits per heavy atom. The van der Waals surface area contributed by atoms with Gasteiger partial charge in [0.15, 0.2) is 0 Å². The Bertz CT molecular complexity index is 616. The summed E-state index contributed by atoms with van der Waals surface area (Å²) in [5, 5.41) is 9.12. The topological polar surface area (TPSA) is 60.2 Å². The molecule has 0 aliphatic rings. The maximum Gasteiger partial charge on any atom is 0.238 e. The lowest BCUT2D eigenvalue weighted by atomic mass is 10.0. The molecule has 2 aromatic rings. The van der Waals surface area contributed by atoms with E-state index in [0.29, 0.717) is 0 Å². The van der Waals surface area contributed by atoms with E-state index in [1.807, 2.05) is 29.8 Å². The smallest absolute Gasteiger partial charge is 0.225 e. The monoisotopic (exact) mass is 267 g/mol. The van der Waals surface area contributed by atoms with Gasteiger partial charge in [-0.25, -0.2) is 13.6 Å². The summed E-state index contributed by atoms with van der Waals surface area (Å²) in [5.41, 5.74) is 2.64. The van der Waals surface area contributed by atoms with Crippen LogP contribution < -0.4 is 5.14 Å². The molecule has 2 N–H and O–H groups in total. The summed E-state index contributed by atoms with van der Waals surface area (Å²) in [6, 6.07) is 7.13. The highest BCUT2D eigenvalue weighted by atomic mass is 32.2. The van der Waals surface area contributed by atoms with Gasteiger partial charge in [-0.1, -0.05) is 19.1 Å². The molecular weight excluding hydrogens is 254 g/mol. The minimum Gasteiger partial charge on any atom is -0.225 e. The second-order valence-corrected chi connectivity index (χ2v) is 6.01. The minimum atomic E-state index is -3.69. The summed E-state index contributed by atoms with van der Waals surface area (Å²) in [5.74, 6) is 0. The molecule has 0 fully saturated rings. The lowest BCUT2D eigenvalue weighted by molar-refractivity contribution is 0.598. The first kappa shape index (κ1) is 12.3. The molecule has 0 saturated carbocycles. The Balaban J connectivity index is 2.78. The number of sulfonamides is 1. The molecule has 3 nitrogen and oxygen atoms in total. The Hall–Kier alpha value is -1.17. The van der Waals surface area contributed by atoms with Gasteiger partial charge >= 0.3 is 0 Å². The molecule has 0 bridgehead atoms. The zero-order chi connectivity index (χ0) is 12.5. The van der Waals surface area contributed by atoms with Crippen molar-refractivity contribution in [2.45, 2.75) is 18.2 Å². The van der Waals surface area contributed by atoms with Crippen LogP contribution in [0, 0.1) is 0 Å². The zero-order valence-electron chi connectivity index (χ0n) is 9.38. The number of primary sulfonamides is 1. The molecule has 1 aromatic carbocycles. The van der Waals surface area contributed by atoms with E-state index in [1.54, 1.807) is 12.1 Å². The van der Waals surface area contributed by atoms with Gasteiger partial charge in [0.05, 0.1) is 4.90 Å². The van der Waals surface area contributed by atoms with E-state index in [0.717, 1.165) is 23.1 Å². The van der Waals surface area contributed by atoms with Crippen molar-refractivity contribution >= 4 is 21.4 Å². The fourth-order valence-corrected chi connectivity index (χ4v) is 3.29. The van der Waals surface area contributed by atoms with E-state index in [4.69, 9.17) is 5.14 Å². The lowest BCUT2D eigenvalue weighted by Crippen LogP contribution is -2.14. The molecule has 5 heteroatoms. The third-order valence-corrected chi connectivity index (χ3v) is 4.25. The summed E-state index contributed by atoms with van der Waals surface area (Å²) in [6.45, 7) is 2.00. The highest BCUT2D eigenvalue weighted by molar-refractivity contribution is 7.89. The standard InChI is InChI=1S/C12H13NO2S2/c1-2-9-4-3-5-11(17(13,14)15)12(9)10-6-7-16-8-10/h3-8H,2H2,1H3,(H2,13,14,15). The molecule has 0 radical (unpaired) electrons. The quantitative estimate of drug-likeness (QED) is 0.929. The number of rotatable bonds is 3. The molecule has 0 aliphatic carbocycles. The van der Waals surface area contributed by atoms with Crippen molar-refractivity contribution in [2.24, 2.45) is 5.14 Å². The largest absolute Gasteiger partial charge is 0.238 e. The Morgan fingerprint density at radius 1 is 1.29 bits per heavy atom. The first-order valence-electron chi connectivity index (χ1n) is 5.21. The summed E-state index contributed by atoms with van der Waals surface area (Å²) < 4.78 is 23.2. The molecule has 90 valence electrons. The molecule has 0 saturated heterocycles. The maximum atomic E-state index is 11.6. The molecule has 17 heavy (non-hydrogen) atoms. The van der Waals surface area contributed by atoms with Gasteiger partial charge in [-0.2, -0.15) is 11.3 Å². The second kappa shape index (κ2) is 4.60. The van der Waals surface area contributed by atoms with Crippen LogP contribution in [-0.4, -0.2) is 8.42 Å². The highest BCUT2D eigenvalue weighted by Crippen LogP contribution is 2.32. The van der Waals surface area contributed by atoms with E-state index < -0.39 is 10.0 Å². The number of nitrogens with two attached hydrogens (primary N) is 1. The lowest BCUT2D eigenvalue weighted by Gasteiger charge is -2.11. The summed E-state index contributed by atoms with van der Waals surface area (Å²) in [4.78, 5) is 0.204. The molecular formula is C12H13NO2S2. The first-order chi connectivity index (χ1) is 8.04. The zero-order valence-corrected chi connectivity index (χ0v) is 11.0. The number of hydrogen-bond acceptors (Lipinski definition) is 3. The highest BCUT2D eigenvalue weighted by Gasteiger charge is 2.17. The number of aryl methyl sites for hydroxylation is 1. The van der Waals surface area contributed by atoms with Gasteiger partial charge < -0.3 is 0 Å². The number of thiophene rings is 1. The van der Waals surface area contributed by atoms with E-state index in [1.165, 1.54) is 11.3 Å². The van der Waals surface area contributed by atoms with Crippen molar-refractivity contribution in [1.29, 1.82) is 0 Å². The van der Waals surface area contributed by atoms with Gasteiger partial charge in [-0.15, -0.1) is 0 Å². The Kier molecular flexibility index (Phi) is 3.33. The summed E-state index contributed by atoms with van der Waals surface area (Å²) in [7, 11) is -3.69. The third kappa shape index (κ3) is 2.41. The summed E-state index contributed by atoms with van der Waals surface area (Å²) >= 11 is 1.54. The molecule has 1 aromatic heterocycles. The third-order valence-electron chi connectivity index (χ3n) is 2.61. The van der Waals surface area contributed by atoms with E-state index >= 15 is 0 Å². The van der Waals surface area contributed by atoms with Crippen LogP contribution >= 0.6 is 11.3 Å². The van der Waals surface area contributed by atoms with E-state index in [2.05, 4.69) is 0 Å². The van der Waals surface area contributed by atoms with Gasteiger partial charge in [0, 0.05) is 5.56 Å². The predicted octanol–water partition coefficient (Wildman–Crippen LogP) is 2.62. The van der Waals surface area contributed by atoms with Crippen molar-refractivity contribution in [3.8, 4) is 11.1 Å². The second-order valence-electron chi connectivity index (χ2n) is 3.70. The predicted molar refractivity (Wildman–Crippen MR) is 70.5 cm³/mol. The average Bonchev–Trinajstić information content (AvgIpc) is 2.80. The van der Waals surface area contributed by atoms with Crippen molar-refractivity contribution in [3.05, 3.63) is 40.6 Å². The van der Waals surface area contributed by atoms with E-state index in [-0.39, 0.29) is 4.90 Å². The molecule has 0 amide bonds. The Labute approximate surface area is 105 Å². The first-order valence-corrected chi connectivity index (χ1v) is 7.70. The summed E-state index contributed by atoms with van der Waals surface area (Å²) in [6.07, 6.45) is 0.772. The van der Waals surface area contributed by atoms with Gasteiger partial charge in [0.25, 0.3) is 0 Å². The van der Waals surface area contributed by atoms with Crippen LogP contribution in [0.3, 0.4) is 0 Å². The van der Waals surface area contributed by atoms with Crippen LogP contribution in [-0.2, 0) is 16.4 Å². The van der Waals surface area contributed by atoms with Gasteiger partial charge in [-0.05, 0) is 40.4 Å². The van der Waals surface area contributed by atoms with Crippen molar-refractivity contribution < 1.29 is 8.42 Å². The Morgan fingerprint density at radius 3 is 2.59 bits per heavy atom. The SMILES string of the molecule is CCc1cccc(S(N)(=O)=O)c1-c1ccsc1. The van der Waals surface area contributed by atoms with Crippen LogP contribution in [0.15, 0.2) is 39.9 Å². The average molecular weight is 267 g/mol. The molecule has 1 heterocycles. The van der Waals surface area contributed by atoms with E-state index in [9.17, 15) is 8.42 Å². The van der Waals surface area contributed by atoms with Crippen LogP contribution in [0.2, 0.25) is 0 Å². The minimum absolute atomic E-state index is 0.204. The van der Waals surface area contributed by atoms with Crippen LogP contribution in [0.5, 0.6) is 0 Å². The maximum absolute atomic E-state index is 11.6. The normalized spacial score (nSPS) is 11.6. The van der Waals surface area contributed by atoms with Gasteiger partial charge in [0.2, 0.25) is 10.0 Å². The molecule has 0 atom stereocenters. The fourth-order valence-electron chi connectivity index (χ4n) is 1.84. The van der Waals surface area contributed by atoms with Gasteiger partial charge in [0.1, 0.15) is 0 Å². The van der Waals surface area contributed by atoms with Crippen LogP contribution in [0.25, 0.3) is 11.1 Å². The van der Waals surface area contributed by atoms with Gasteiger partial charge in [-0.3, -0.25) is 0 Å². The fraction of sp³-hybridized carbons (Fsp3) is 0.167. The van der Waals surface area contributed by atoms with Crippen LogP contribution in [0.1, 0.15) is 12.5 Å². The van der Waals surface area contributed by atoms with Crippen LogP contribution in [0.4, 0.5) is 0 Å². The molecule has 0 aliphatic heterocycles. The molecule has 0 spiro atoms. The van der Waals surface area contributed by atoms with Crippen molar-refractivity contribution in [3.63, 3.8) is 0 Å². The number of hydrogen-bond donors (Lipinski definition) is 1. The molecule has 2 rings (SSSR count). The molecule has 0 unspecified atom stereocenters. The van der Waals surface area contributed by atoms with Crippen molar-refractivity contribution in [2.75, 3.05) is 0 Å². The van der Waals surface area contributed by atoms with Crippen molar-refractivity contribution in [1.82, 2.24) is 0 Å². The number of benzene rings is 1.